The van der Waals surface area contributed by atoms with Gasteiger partial charge >= 0.3 is 5.97 Å². The van der Waals surface area contributed by atoms with E-state index in [9.17, 15) is 4.79 Å². The first-order valence-electron chi connectivity index (χ1n) is 5.80. The van der Waals surface area contributed by atoms with Gasteiger partial charge < -0.3 is 16.6 Å². The highest BCUT2D eigenvalue weighted by atomic mass is 16.4. The molecule has 0 saturated carbocycles. The Bertz CT molecular complexity index is 587. The molecule has 0 aliphatic carbocycles. The average Bonchev–Trinajstić information content (AvgIpc) is 2.76. The van der Waals surface area contributed by atoms with Crippen molar-refractivity contribution >= 4 is 11.9 Å². The summed E-state index contributed by atoms with van der Waals surface area (Å²) in [5, 5.41) is 8.99. The van der Waals surface area contributed by atoms with Crippen LogP contribution in [0.3, 0.4) is 0 Å². The van der Waals surface area contributed by atoms with Crippen LogP contribution >= 0.6 is 0 Å². The molecule has 1 aromatic heterocycles. The molecule has 0 aliphatic heterocycles. The highest BCUT2D eigenvalue weighted by molar-refractivity contribution is 5.78. The van der Waals surface area contributed by atoms with Gasteiger partial charge in [0.1, 0.15) is 5.54 Å². The predicted octanol–water partition coefficient (Wildman–Crippen LogP) is 0.799. The summed E-state index contributed by atoms with van der Waals surface area (Å²) in [5.41, 5.74) is 11.9. The van der Waals surface area contributed by atoms with Crippen molar-refractivity contribution in [2.24, 2.45) is 5.73 Å². The number of nitrogens with two attached hydrogens (primary N) is 2. The lowest BCUT2D eigenvalue weighted by Crippen LogP contribution is -2.46. The Balaban J connectivity index is 2.20. The topological polar surface area (TPSA) is 107 Å². The molecular weight excluding hydrogens is 244 g/mol. The van der Waals surface area contributed by atoms with Crippen molar-refractivity contribution in [1.82, 2.24) is 9.55 Å². The Morgan fingerprint density at radius 2 is 2.05 bits per heavy atom. The van der Waals surface area contributed by atoms with Crippen LogP contribution in [0.5, 0.6) is 0 Å². The van der Waals surface area contributed by atoms with Gasteiger partial charge in [-0.25, -0.2) is 4.98 Å². The van der Waals surface area contributed by atoms with Crippen molar-refractivity contribution in [3.63, 3.8) is 0 Å². The van der Waals surface area contributed by atoms with Crippen LogP contribution in [-0.4, -0.2) is 26.2 Å². The van der Waals surface area contributed by atoms with E-state index in [0.717, 1.165) is 11.3 Å². The van der Waals surface area contributed by atoms with E-state index in [-0.39, 0.29) is 6.42 Å². The molecule has 19 heavy (non-hydrogen) atoms. The summed E-state index contributed by atoms with van der Waals surface area (Å²) in [6.45, 7) is 1.50. The monoisotopic (exact) mass is 260 g/mol. The molecule has 0 spiro atoms. The van der Waals surface area contributed by atoms with Crippen molar-refractivity contribution in [2.45, 2.75) is 18.9 Å². The molecule has 2 aromatic rings. The maximum Gasteiger partial charge on any atom is 0.323 e. The van der Waals surface area contributed by atoms with E-state index in [1.807, 2.05) is 24.3 Å². The number of anilines is 1. The molecule has 5 N–H and O–H groups in total. The third kappa shape index (κ3) is 2.74. The second-order valence-corrected chi connectivity index (χ2v) is 4.72. The van der Waals surface area contributed by atoms with Crippen molar-refractivity contribution in [2.75, 3.05) is 5.73 Å². The lowest BCUT2D eigenvalue weighted by Gasteiger charge is -2.19. The van der Waals surface area contributed by atoms with Gasteiger partial charge in [-0.05, 0) is 24.6 Å². The van der Waals surface area contributed by atoms with E-state index >= 15 is 0 Å². The van der Waals surface area contributed by atoms with Gasteiger partial charge in [-0.15, -0.1) is 0 Å². The number of rotatable bonds is 4. The van der Waals surface area contributed by atoms with Crippen LogP contribution in [0.2, 0.25) is 0 Å². The minimum atomic E-state index is -1.27. The number of carboxylic acid groups (broad SMARTS) is 1. The maximum absolute atomic E-state index is 11.0. The highest BCUT2D eigenvalue weighted by Crippen LogP contribution is 2.16. The van der Waals surface area contributed by atoms with Crippen LogP contribution in [0, 0.1) is 0 Å². The molecule has 0 fully saturated rings. The van der Waals surface area contributed by atoms with Gasteiger partial charge in [0.25, 0.3) is 0 Å². The SMILES string of the molecule is CC(N)(Cc1ccc(-n2ccnc2N)cc1)C(=O)O. The molecule has 2 rings (SSSR count). The van der Waals surface area contributed by atoms with Gasteiger partial charge in [0.15, 0.2) is 0 Å². The molecule has 6 nitrogen and oxygen atoms in total. The Labute approximate surface area is 110 Å². The van der Waals surface area contributed by atoms with Crippen LogP contribution in [0.25, 0.3) is 5.69 Å². The average molecular weight is 260 g/mol. The van der Waals surface area contributed by atoms with Gasteiger partial charge in [-0.2, -0.15) is 0 Å². The predicted molar refractivity (Wildman–Crippen MR) is 71.9 cm³/mol. The van der Waals surface area contributed by atoms with Crippen LogP contribution < -0.4 is 11.5 Å². The summed E-state index contributed by atoms with van der Waals surface area (Å²) in [6, 6.07) is 7.38. The fourth-order valence-electron chi connectivity index (χ4n) is 1.81. The van der Waals surface area contributed by atoms with Crippen molar-refractivity contribution in [1.29, 1.82) is 0 Å². The quantitative estimate of drug-likeness (QED) is 0.753. The molecule has 100 valence electrons. The van der Waals surface area contributed by atoms with Gasteiger partial charge in [0.2, 0.25) is 5.95 Å². The third-order valence-corrected chi connectivity index (χ3v) is 2.94. The molecule has 1 aromatic carbocycles. The van der Waals surface area contributed by atoms with Gasteiger partial charge in [0.05, 0.1) is 0 Å². The molecular formula is C13H16N4O2. The second-order valence-electron chi connectivity index (χ2n) is 4.72. The molecule has 1 unspecified atom stereocenters. The molecule has 0 radical (unpaired) electrons. The number of imidazole rings is 1. The summed E-state index contributed by atoms with van der Waals surface area (Å²) in [6.07, 6.45) is 3.64. The maximum atomic E-state index is 11.0. The summed E-state index contributed by atoms with van der Waals surface area (Å²) < 4.78 is 1.74. The number of hydrogen-bond donors (Lipinski definition) is 3. The Kier molecular flexibility index (Phi) is 3.26. The minimum Gasteiger partial charge on any atom is -0.480 e. The Morgan fingerprint density at radius 1 is 1.42 bits per heavy atom. The summed E-state index contributed by atoms with van der Waals surface area (Å²) in [7, 11) is 0. The van der Waals surface area contributed by atoms with Crippen molar-refractivity contribution in [3.8, 4) is 5.69 Å². The van der Waals surface area contributed by atoms with Crippen LogP contribution in [0.15, 0.2) is 36.7 Å². The molecule has 6 heteroatoms. The van der Waals surface area contributed by atoms with Crippen molar-refractivity contribution < 1.29 is 9.90 Å². The zero-order chi connectivity index (χ0) is 14.0. The highest BCUT2D eigenvalue weighted by Gasteiger charge is 2.27. The molecule has 0 bridgehead atoms. The van der Waals surface area contributed by atoms with E-state index in [2.05, 4.69) is 4.98 Å². The number of nitrogen functional groups attached to an aromatic ring is 1. The summed E-state index contributed by atoms with van der Waals surface area (Å²) in [5.74, 6) is -0.614. The number of aliphatic carboxylic acids is 1. The number of benzene rings is 1. The zero-order valence-corrected chi connectivity index (χ0v) is 10.6. The fraction of sp³-hybridized carbons (Fsp3) is 0.231. The number of carbonyl (C=O) groups is 1. The first-order chi connectivity index (χ1) is 8.90. The van der Waals surface area contributed by atoms with Crippen LogP contribution in [0.4, 0.5) is 5.95 Å². The summed E-state index contributed by atoms with van der Waals surface area (Å²) >= 11 is 0. The molecule has 1 heterocycles. The lowest BCUT2D eigenvalue weighted by atomic mass is 9.94. The number of aromatic nitrogens is 2. The molecule has 0 saturated heterocycles. The van der Waals surface area contributed by atoms with E-state index in [0.29, 0.717) is 5.95 Å². The van der Waals surface area contributed by atoms with E-state index < -0.39 is 11.5 Å². The first-order valence-corrected chi connectivity index (χ1v) is 5.80. The normalized spacial score (nSPS) is 14.0. The van der Waals surface area contributed by atoms with Gasteiger partial charge in [-0.3, -0.25) is 9.36 Å². The summed E-state index contributed by atoms with van der Waals surface area (Å²) in [4.78, 5) is 14.9. The zero-order valence-electron chi connectivity index (χ0n) is 10.6. The number of carboxylic acids is 1. The number of hydrogen-bond acceptors (Lipinski definition) is 4. The smallest absolute Gasteiger partial charge is 0.323 e. The van der Waals surface area contributed by atoms with Gasteiger partial charge in [-0.1, -0.05) is 12.1 Å². The third-order valence-electron chi connectivity index (χ3n) is 2.94. The first kappa shape index (κ1) is 13.1. The van der Waals surface area contributed by atoms with E-state index in [1.54, 1.807) is 17.0 Å². The standard InChI is InChI=1S/C13H16N4O2/c1-13(15,11(18)19)8-9-2-4-10(5-3-9)17-7-6-16-12(17)14/h2-7H,8,15H2,1H3,(H2,14,16)(H,18,19). The minimum absolute atomic E-state index is 0.266. The van der Waals surface area contributed by atoms with Crippen LogP contribution in [0.1, 0.15) is 12.5 Å². The largest absolute Gasteiger partial charge is 0.480 e. The van der Waals surface area contributed by atoms with Crippen molar-refractivity contribution in [3.05, 3.63) is 42.2 Å². The molecule has 0 amide bonds. The fourth-order valence-corrected chi connectivity index (χ4v) is 1.81. The van der Waals surface area contributed by atoms with E-state index in [1.165, 1.54) is 6.92 Å². The Hall–Kier alpha value is -2.34. The van der Waals surface area contributed by atoms with E-state index in [4.69, 9.17) is 16.6 Å². The number of nitrogens with zero attached hydrogens (tertiary/aromatic N) is 2. The lowest BCUT2D eigenvalue weighted by molar-refractivity contribution is -0.142. The molecule has 1 atom stereocenters. The van der Waals surface area contributed by atoms with Crippen LogP contribution in [-0.2, 0) is 11.2 Å². The van der Waals surface area contributed by atoms with Gasteiger partial charge in [0, 0.05) is 24.5 Å². The second kappa shape index (κ2) is 4.74. The molecule has 0 aliphatic rings. The Morgan fingerprint density at radius 3 is 2.53 bits per heavy atom.